The Hall–Kier alpha value is -2.23. The molecule has 10 heteroatoms. The number of hydrogen-bond acceptors (Lipinski definition) is 5. The number of anilines is 1. The number of nitrogens with zero attached hydrogens (tertiary/aromatic N) is 2. The van der Waals surface area contributed by atoms with Crippen LogP contribution in [0.1, 0.15) is 41.5 Å². The first kappa shape index (κ1) is 23.1. The molecule has 0 radical (unpaired) electrons. The van der Waals surface area contributed by atoms with Gasteiger partial charge in [-0.15, -0.1) is 0 Å². The van der Waals surface area contributed by atoms with Gasteiger partial charge in [-0.1, -0.05) is 12.1 Å². The Morgan fingerprint density at radius 2 is 1.86 bits per heavy atom. The second-order valence-electron chi connectivity index (χ2n) is 7.07. The molecular formula is C19H24ClN4O4S-. The zero-order valence-electron chi connectivity index (χ0n) is 16.5. The summed E-state index contributed by atoms with van der Waals surface area (Å²) < 4.78 is 27.2. The van der Waals surface area contributed by atoms with E-state index in [1.54, 1.807) is 38.1 Å². The molecule has 1 aromatic heterocycles. The largest absolute Gasteiger partial charge is 1.00 e. The molecule has 1 saturated heterocycles. The van der Waals surface area contributed by atoms with Crippen molar-refractivity contribution in [1.82, 2.24) is 14.5 Å². The summed E-state index contributed by atoms with van der Waals surface area (Å²) in [6.45, 7) is 5.37. The average molecular weight is 440 g/mol. The Morgan fingerprint density at radius 3 is 2.41 bits per heavy atom. The van der Waals surface area contributed by atoms with Crippen molar-refractivity contribution >= 4 is 27.4 Å². The molecule has 1 aliphatic heterocycles. The van der Waals surface area contributed by atoms with Crippen molar-refractivity contribution < 1.29 is 30.4 Å². The number of nitrogens with one attached hydrogen (secondary N) is 2. The molecule has 1 amide bonds. The summed E-state index contributed by atoms with van der Waals surface area (Å²) in [4.78, 5) is 24.3. The molecule has 2 N–H and O–H groups in total. The van der Waals surface area contributed by atoms with Gasteiger partial charge in [0.2, 0.25) is 15.9 Å². The molecule has 0 unspecified atom stereocenters. The number of aryl methyl sites for hydroxylation is 2. The van der Waals surface area contributed by atoms with Gasteiger partial charge in [0.25, 0.3) is 0 Å². The quantitative estimate of drug-likeness (QED) is 0.597. The van der Waals surface area contributed by atoms with Crippen LogP contribution < -0.4 is 17.7 Å². The Morgan fingerprint density at radius 1 is 1.21 bits per heavy atom. The van der Waals surface area contributed by atoms with Gasteiger partial charge in [-0.05, 0) is 45.7 Å². The van der Waals surface area contributed by atoms with E-state index in [-0.39, 0.29) is 48.0 Å². The first-order chi connectivity index (χ1) is 13.2. The van der Waals surface area contributed by atoms with Crippen molar-refractivity contribution in [2.45, 2.75) is 38.5 Å². The molecule has 0 spiro atoms. The topological polar surface area (TPSA) is 112 Å². The van der Waals surface area contributed by atoms with Crippen LogP contribution in [0.4, 0.5) is 5.69 Å². The monoisotopic (exact) mass is 439 g/mol. The Kier molecular flexibility index (Phi) is 7.20. The maximum absolute atomic E-state index is 12.9. The second kappa shape index (κ2) is 9.06. The highest BCUT2D eigenvalue weighted by molar-refractivity contribution is 7.89. The van der Waals surface area contributed by atoms with Gasteiger partial charge in [-0.3, -0.25) is 14.7 Å². The number of ketones is 1. The van der Waals surface area contributed by atoms with Crippen LogP contribution in [0.2, 0.25) is 0 Å². The molecule has 29 heavy (non-hydrogen) atoms. The molecule has 158 valence electrons. The Bertz CT molecular complexity index is 991. The van der Waals surface area contributed by atoms with Crippen LogP contribution in [-0.2, 0) is 14.8 Å². The first-order valence-corrected chi connectivity index (χ1v) is 10.6. The third kappa shape index (κ3) is 4.85. The van der Waals surface area contributed by atoms with Crippen molar-refractivity contribution in [3.63, 3.8) is 0 Å². The first-order valence-electron chi connectivity index (χ1n) is 9.13. The minimum absolute atomic E-state index is 0. The van der Waals surface area contributed by atoms with Crippen LogP contribution in [0.5, 0.6) is 0 Å². The van der Waals surface area contributed by atoms with Crippen LogP contribution in [-0.4, -0.2) is 47.7 Å². The van der Waals surface area contributed by atoms with E-state index in [9.17, 15) is 18.0 Å². The number of carbonyl (C=O) groups excluding carboxylic acids is 2. The number of amides is 1. The number of Topliss-reactive ketones (excluding diaryl/α,β-unsaturated/α-hetero) is 1. The van der Waals surface area contributed by atoms with Gasteiger partial charge < -0.3 is 17.7 Å². The Balaban J connectivity index is 0.00000300. The van der Waals surface area contributed by atoms with Crippen molar-refractivity contribution in [2.75, 3.05) is 18.4 Å². The molecule has 3 rings (SSSR count). The van der Waals surface area contributed by atoms with Gasteiger partial charge in [0.05, 0.1) is 11.4 Å². The predicted molar refractivity (Wildman–Crippen MR) is 105 cm³/mol. The zero-order chi connectivity index (χ0) is 20.5. The molecule has 2 aromatic rings. The van der Waals surface area contributed by atoms with Crippen molar-refractivity contribution in [2.24, 2.45) is 5.92 Å². The predicted octanol–water partition coefficient (Wildman–Crippen LogP) is -0.727. The third-order valence-electron chi connectivity index (χ3n) is 5.02. The number of benzene rings is 1. The number of aromatic amines is 1. The van der Waals surface area contributed by atoms with Gasteiger partial charge in [-0.2, -0.15) is 9.40 Å². The third-order valence-corrected chi connectivity index (χ3v) is 7.18. The highest BCUT2D eigenvalue weighted by atomic mass is 35.5. The fourth-order valence-electron chi connectivity index (χ4n) is 3.47. The molecule has 0 saturated carbocycles. The summed E-state index contributed by atoms with van der Waals surface area (Å²) in [5.74, 6) is -0.508. The number of hydrogen-bond donors (Lipinski definition) is 2. The van der Waals surface area contributed by atoms with Gasteiger partial charge in [0.15, 0.2) is 5.78 Å². The summed E-state index contributed by atoms with van der Waals surface area (Å²) in [7, 11) is -3.63. The molecule has 0 aliphatic carbocycles. The molecule has 1 fully saturated rings. The van der Waals surface area contributed by atoms with Crippen LogP contribution in [0.25, 0.3) is 0 Å². The number of rotatable bonds is 5. The number of aromatic nitrogens is 2. The van der Waals surface area contributed by atoms with Gasteiger partial charge >= 0.3 is 0 Å². The molecule has 2 heterocycles. The fraction of sp³-hybridized carbons (Fsp3) is 0.421. The summed E-state index contributed by atoms with van der Waals surface area (Å²) in [5.41, 5.74) is 2.06. The van der Waals surface area contributed by atoms with Gasteiger partial charge in [-0.25, -0.2) is 8.42 Å². The van der Waals surface area contributed by atoms with Crippen molar-refractivity contribution in [3.8, 4) is 0 Å². The molecule has 1 aliphatic rings. The highest BCUT2D eigenvalue weighted by Crippen LogP contribution is 2.27. The number of H-pyrrole nitrogens is 1. The molecule has 8 nitrogen and oxygen atoms in total. The lowest BCUT2D eigenvalue weighted by Gasteiger charge is -2.30. The minimum Gasteiger partial charge on any atom is -1.00 e. The molecular weight excluding hydrogens is 416 g/mol. The maximum Gasteiger partial charge on any atom is 0.246 e. The normalized spacial score (nSPS) is 15.6. The van der Waals surface area contributed by atoms with Crippen LogP contribution in [0, 0.1) is 19.8 Å². The summed E-state index contributed by atoms with van der Waals surface area (Å²) >= 11 is 0. The fourth-order valence-corrected chi connectivity index (χ4v) is 5.27. The van der Waals surface area contributed by atoms with Crippen LogP contribution in [0.15, 0.2) is 29.2 Å². The number of sulfonamides is 1. The lowest BCUT2D eigenvalue weighted by Crippen LogP contribution is -3.00. The summed E-state index contributed by atoms with van der Waals surface area (Å²) in [6.07, 6.45) is 0.876. The minimum atomic E-state index is -3.63. The summed E-state index contributed by atoms with van der Waals surface area (Å²) in [5, 5.41) is 9.50. The zero-order valence-corrected chi connectivity index (χ0v) is 18.1. The van der Waals surface area contributed by atoms with E-state index in [4.69, 9.17) is 0 Å². The van der Waals surface area contributed by atoms with E-state index in [1.165, 1.54) is 11.2 Å². The number of halogens is 1. The lowest BCUT2D eigenvalue weighted by atomic mass is 9.97. The number of piperidine rings is 1. The molecule has 1 aromatic carbocycles. The summed E-state index contributed by atoms with van der Waals surface area (Å²) in [6, 6.07) is 6.79. The van der Waals surface area contributed by atoms with E-state index in [2.05, 4.69) is 15.5 Å². The highest BCUT2D eigenvalue weighted by Gasteiger charge is 2.34. The van der Waals surface area contributed by atoms with Crippen LogP contribution >= 0.6 is 0 Å². The average Bonchev–Trinajstić information content (AvgIpc) is 3.01. The van der Waals surface area contributed by atoms with Gasteiger partial charge in [0, 0.05) is 30.3 Å². The smallest absolute Gasteiger partial charge is 0.246 e. The standard InChI is InChI=1S/C19H24N4O4S.ClH/c1-12-18(13(2)22-21-12)28(26,27)23-9-7-15(8-10-23)19(25)20-17-6-4-5-16(11-17)14(3)24;/h4-6,11,15H,7-10H2,1-3H3,(H,20,25)(H,21,22);1H/p-1. The van der Waals surface area contributed by atoms with Crippen LogP contribution in [0.3, 0.4) is 0 Å². The molecule has 0 atom stereocenters. The molecule has 0 bridgehead atoms. The van der Waals surface area contributed by atoms with Gasteiger partial charge in [0.1, 0.15) is 4.90 Å². The number of carbonyl (C=O) groups is 2. The SMILES string of the molecule is CC(=O)c1cccc(NC(=O)C2CCN(S(=O)(=O)c3c(C)n[nH]c3C)CC2)c1.[Cl-]. The van der Waals surface area contributed by atoms with E-state index in [0.717, 1.165) is 0 Å². The van der Waals surface area contributed by atoms with E-state index >= 15 is 0 Å². The lowest BCUT2D eigenvalue weighted by molar-refractivity contribution is -0.120. The van der Waals surface area contributed by atoms with E-state index in [0.29, 0.717) is 35.5 Å². The van der Waals surface area contributed by atoms with Crippen molar-refractivity contribution in [1.29, 1.82) is 0 Å². The van der Waals surface area contributed by atoms with Crippen molar-refractivity contribution in [3.05, 3.63) is 41.2 Å². The maximum atomic E-state index is 12.9. The van der Waals surface area contributed by atoms with E-state index in [1.807, 2.05) is 0 Å². The second-order valence-corrected chi connectivity index (χ2v) is 8.94. The van der Waals surface area contributed by atoms with E-state index < -0.39 is 10.0 Å². The Labute approximate surface area is 176 Å².